The van der Waals surface area contributed by atoms with Crippen LogP contribution in [0.2, 0.25) is 0 Å². The molecule has 0 spiro atoms. The molecule has 0 aromatic heterocycles. The van der Waals surface area contributed by atoms with Gasteiger partial charge in [0.1, 0.15) is 18.0 Å². The molecular formula is C21H23NO5. The van der Waals surface area contributed by atoms with Crippen molar-refractivity contribution >= 4 is 17.6 Å². The fourth-order valence-corrected chi connectivity index (χ4v) is 3.07. The Balaban J connectivity index is 1.61. The Hall–Kier alpha value is -2.86. The van der Waals surface area contributed by atoms with Crippen LogP contribution in [0.25, 0.3) is 0 Å². The number of aryl methyl sites for hydroxylation is 1. The SMILES string of the molecule is Cc1cc(OC(C)c2ccccc2)ccc1NC(=O)[C@@H]1CC[C@H](C(=O)O)O1. The first-order chi connectivity index (χ1) is 12.9. The Morgan fingerprint density at radius 3 is 2.48 bits per heavy atom. The Bertz CT molecular complexity index is 821. The van der Waals surface area contributed by atoms with Crippen molar-refractivity contribution in [2.75, 3.05) is 5.32 Å². The number of carbonyl (C=O) groups is 2. The van der Waals surface area contributed by atoms with E-state index in [0.29, 0.717) is 24.3 Å². The number of carbonyl (C=O) groups excluding carboxylic acids is 1. The van der Waals surface area contributed by atoms with Crippen molar-refractivity contribution in [1.29, 1.82) is 0 Å². The van der Waals surface area contributed by atoms with E-state index in [-0.39, 0.29) is 12.0 Å². The first-order valence-corrected chi connectivity index (χ1v) is 8.95. The van der Waals surface area contributed by atoms with Crippen LogP contribution in [-0.4, -0.2) is 29.2 Å². The molecule has 27 heavy (non-hydrogen) atoms. The molecule has 0 saturated carbocycles. The van der Waals surface area contributed by atoms with E-state index >= 15 is 0 Å². The molecule has 6 heteroatoms. The summed E-state index contributed by atoms with van der Waals surface area (Å²) in [5.74, 6) is -0.645. The summed E-state index contributed by atoms with van der Waals surface area (Å²) in [6.07, 6.45) is -0.990. The summed E-state index contributed by atoms with van der Waals surface area (Å²) in [5.41, 5.74) is 2.59. The zero-order chi connectivity index (χ0) is 19.4. The van der Waals surface area contributed by atoms with Crippen molar-refractivity contribution in [3.05, 3.63) is 59.7 Å². The molecule has 142 valence electrons. The molecule has 0 aliphatic carbocycles. The monoisotopic (exact) mass is 369 g/mol. The van der Waals surface area contributed by atoms with Crippen LogP contribution in [0.5, 0.6) is 5.75 Å². The molecule has 3 atom stereocenters. The van der Waals surface area contributed by atoms with Crippen LogP contribution in [0.4, 0.5) is 5.69 Å². The van der Waals surface area contributed by atoms with Gasteiger partial charge in [0.05, 0.1) is 0 Å². The third-order valence-electron chi connectivity index (χ3n) is 4.63. The van der Waals surface area contributed by atoms with Gasteiger partial charge in [-0.05, 0) is 56.0 Å². The average Bonchev–Trinajstić information content (AvgIpc) is 3.15. The summed E-state index contributed by atoms with van der Waals surface area (Å²) in [7, 11) is 0. The molecule has 1 aliphatic heterocycles. The third-order valence-corrected chi connectivity index (χ3v) is 4.63. The summed E-state index contributed by atoms with van der Waals surface area (Å²) in [6.45, 7) is 3.86. The first-order valence-electron chi connectivity index (χ1n) is 8.95. The molecule has 2 aromatic carbocycles. The Morgan fingerprint density at radius 2 is 1.85 bits per heavy atom. The van der Waals surface area contributed by atoms with Gasteiger partial charge in [0, 0.05) is 5.69 Å². The molecule has 1 amide bonds. The second kappa shape index (κ2) is 8.22. The van der Waals surface area contributed by atoms with E-state index in [1.165, 1.54) is 0 Å². The van der Waals surface area contributed by atoms with E-state index in [0.717, 1.165) is 11.1 Å². The molecular weight excluding hydrogens is 346 g/mol. The minimum atomic E-state index is -1.03. The lowest BCUT2D eigenvalue weighted by atomic mass is 10.1. The van der Waals surface area contributed by atoms with E-state index in [1.54, 1.807) is 12.1 Å². The van der Waals surface area contributed by atoms with E-state index in [1.807, 2.05) is 50.2 Å². The van der Waals surface area contributed by atoms with E-state index in [4.69, 9.17) is 14.6 Å². The van der Waals surface area contributed by atoms with Crippen molar-refractivity contribution < 1.29 is 24.2 Å². The number of aliphatic carboxylic acids is 1. The van der Waals surface area contributed by atoms with Crippen LogP contribution >= 0.6 is 0 Å². The molecule has 1 heterocycles. The number of hydrogen-bond donors (Lipinski definition) is 2. The summed E-state index contributed by atoms with van der Waals surface area (Å²) in [5, 5.41) is 11.8. The lowest BCUT2D eigenvalue weighted by molar-refractivity contribution is -0.150. The summed E-state index contributed by atoms with van der Waals surface area (Å²) in [4.78, 5) is 23.3. The van der Waals surface area contributed by atoms with E-state index in [9.17, 15) is 9.59 Å². The van der Waals surface area contributed by atoms with E-state index in [2.05, 4.69) is 5.32 Å². The normalized spacial score (nSPS) is 20.1. The average molecular weight is 369 g/mol. The van der Waals surface area contributed by atoms with Gasteiger partial charge in [-0.15, -0.1) is 0 Å². The molecule has 6 nitrogen and oxygen atoms in total. The number of ether oxygens (including phenoxy) is 2. The third kappa shape index (κ3) is 4.65. The molecule has 1 fully saturated rings. The molecule has 1 unspecified atom stereocenters. The quantitative estimate of drug-likeness (QED) is 0.811. The standard InChI is InChI=1S/C21H23NO5/c1-13-12-16(26-14(2)15-6-4-3-5-7-15)8-9-17(13)22-20(23)18-10-11-19(27-18)21(24)25/h3-9,12,14,18-19H,10-11H2,1-2H3,(H,22,23)(H,24,25)/t14?,18-,19+/m0/s1. The van der Waals surface area contributed by atoms with Crippen molar-refractivity contribution in [3.8, 4) is 5.75 Å². The van der Waals surface area contributed by atoms with Crippen LogP contribution < -0.4 is 10.1 Å². The van der Waals surface area contributed by atoms with Gasteiger partial charge in [-0.2, -0.15) is 0 Å². The topological polar surface area (TPSA) is 84.9 Å². The van der Waals surface area contributed by atoms with Crippen molar-refractivity contribution in [3.63, 3.8) is 0 Å². The predicted octanol–water partition coefficient (Wildman–Crippen LogP) is 3.71. The highest BCUT2D eigenvalue weighted by Gasteiger charge is 2.34. The lowest BCUT2D eigenvalue weighted by Gasteiger charge is -2.17. The second-order valence-electron chi connectivity index (χ2n) is 6.67. The first kappa shape index (κ1) is 18.9. The number of amides is 1. The van der Waals surface area contributed by atoms with Gasteiger partial charge >= 0.3 is 5.97 Å². The maximum absolute atomic E-state index is 12.3. The lowest BCUT2D eigenvalue weighted by Crippen LogP contribution is -2.30. The molecule has 2 N–H and O–H groups in total. The van der Waals surface area contributed by atoms with Crippen LogP contribution in [-0.2, 0) is 14.3 Å². The maximum Gasteiger partial charge on any atom is 0.332 e. The largest absolute Gasteiger partial charge is 0.486 e. The summed E-state index contributed by atoms with van der Waals surface area (Å²) < 4.78 is 11.3. The van der Waals surface area contributed by atoms with Crippen LogP contribution in [0.15, 0.2) is 48.5 Å². The predicted molar refractivity (Wildman–Crippen MR) is 101 cm³/mol. The van der Waals surface area contributed by atoms with Gasteiger partial charge in [-0.1, -0.05) is 30.3 Å². The number of hydrogen-bond acceptors (Lipinski definition) is 4. The fourth-order valence-electron chi connectivity index (χ4n) is 3.07. The maximum atomic E-state index is 12.3. The minimum absolute atomic E-state index is 0.0918. The van der Waals surface area contributed by atoms with Gasteiger partial charge < -0.3 is 19.9 Å². The Labute approximate surface area is 158 Å². The van der Waals surface area contributed by atoms with Crippen molar-refractivity contribution in [2.24, 2.45) is 0 Å². The van der Waals surface area contributed by atoms with Crippen LogP contribution in [0, 0.1) is 6.92 Å². The van der Waals surface area contributed by atoms with Crippen molar-refractivity contribution in [1.82, 2.24) is 0 Å². The van der Waals surface area contributed by atoms with E-state index < -0.39 is 18.2 Å². The van der Waals surface area contributed by atoms with Gasteiger partial charge in [0.25, 0.3) is 5.91 Å². The second-order valence-corrected chi connectivity index (χ2v) is 6.67. The Morgan fingerprint density at radius 1 is 1.15 bits per heavy atom. The van der Waals surface area contributed by atoms with Gasteiger partial charge in [-0.3, -0.25) is 4.79 Å². The number of anilines is 1. The fraction of sp³-hybridized carbons (Fsp3) is 0.333. The van der Waals surface area contributed by atoms with Crippen LogP contribution in [0.3, 0.4) is 0 Å². The van der Waals surface area contributed by atoms with Gasteiger partial charge in [0.15, 0.2) is 6.10 Å². The molecule has 2 aromatic rings. The van der Waals surface area contributed by atoms with Gasteiger partial charge in [0.2, 0.25) is 0 Å². The highest BCUT2D eigenvalue weighted by molar-refractivity contribution is 5.95. The highest BCUT2D eigenvalue weighted by Crippen LogP contribution is 2.27. The smallest absolute Gasteiger partial charge is 0.332 e. The number of carboxylic acid groups (broad SMARTS) is 1. The number of carboxylic acids is 1. The molecule has 1 saturated heterocycles. The van der Waals surface area contributed by atoms with Gasteiger partial charge in [-0.25, -0.2) is 4.79 Å². The Kier molecular flexibility index (Phi) is 5.76. The minimum Gasteiger partial charge on any atom is -0.486 e. The highest BCUT2D eigenvalue weighted by atomic mass is 16.5. The molecule has 3 rings (SSSR count). The zero-order valence-electron chi connectivity index (χ0n) is 15.3. The van der Waals surface area contributed by atoms with Crippen LogP contribution in [0.1, 0.15) is 37.0 Å². The summed E-state index contributed by atoms with van der Waals surface area (Å²) >= 11 is 0. The number of nitrogens with one attached hydrogen (secondary N) is 1. The molecule has 1 aliphatic rings. The molecule has 0 radical (unpaired) electrons. The van der Waals surface area contributed by atoms with Crippen molar-refractivity contribution in [2.45, 2.75) is 45.0 Å². The number of rotatable bonds is 6. The summed E-state index contributed by atoms with van der Waals surface area (Å²) in [6, 6.07) is 15.4. The zero-order valence-corrected chi connectivity index (χ0v) is 15.3. The number of benzene rings is 2. The molecule has 0 bridgehead atoms.